The van der Waals surface area contributed by atoms with Crippen molar-refractivity contribution in [2.75, 3.05) is 29.9 Å². The van der Waals surface area contributed by atoms with E-state index < -0.39 is 12.1 Å². The molecular weight excluding hydrogens is 447 g/mol. The average molecular weight is 484 g/mol. The van der Waals surface area contributed by atoms with Gasteiger partial charge in [0.05, 0.1) is 0 Å². The summed E-state index contributed by atoms with van der Waals surface area (Å²) in [4.78, 5) is 26.5. The third-order valence-corrected chi connectivity index (χ3v) is 7.28. The SMILES string of the molecule is Cc1cc(N2CC[C@H](N3CCC[C@@H]3C)C2)ccc1NC(=O)CC1CCCC1.O=C(O)C(F)(F)F. The lowest BCUT2D eigenvalue weighted by Gasteiger charge is -2.28. The van der Waals surface area contributed by atoms with E-state index in [0.717, 1.165) is 24.8 Å². The molecule has 2 aliphatic heterocycles. The van der Waals surface area contributed by atoms with Crippen LogP contribution >= 0.6 is 0 Å². The van der Waals surface area contributed by atoms with E-state index in [1.54, 1.807) is 0 Å². The number of carboxylic acids is 1. The van der Waals surface area contributed by atoms with Crippen molar-refractivity contribution in [3.8, 4) is 0 Å². The van der Waals surface area contributed by atoms with Gasteiger partial charge in [-0.15, -0.1) is 0 Å². The van der Waals surface area contributed by atoms with Crippen LogP contribution in [0, 0.1) is 12.8 Å². The van der Waals surface area contributed by atoms with Gasteiger partial charge in [-0.25, -0.2) is 4.79 Å². The maximum absolute atomic E-state index is 12.4. The van der Waals surface area contributed by atoms with E-state index in [9.17, 15) is 18.0 Å². The molecular formula is C25H36F3N3O3. The molecule has 4 rings (SSSR count). The Morgan fingerprint density at radius 1 is 1.09 bits per heavy atom. The minimum absolute atomic E-state index is 0.182. The number of nitrogens with one attached hydrogen (secondary N) is 1. The molecule has 1 aromatic carbocycles. The molecule has 34 heavy (non-hydrogen) atoms. The predicted molar refractivity (Wildman–Crippen MR) is 126 cm³/mol. The molecule has 0 bridgehead atoms. The van der Waals surface area contributed by atoms with Crippen molar-refractivity contribution in [3.63, 3.8) is 0 Å². The number of amides is 1. The number of likely N-dealkylation sites (tertiary alicyclic amines) is 1. The standard InChI is InChI=1S/C23H35N3O.C2HF3O2/c1-17-14-20(25-13-11-21(16-25)26-12-5-6-18(26)2)9-10-22(17)24-23(27)15-19-7-3-4-8-19;3-2(4,5)1(6)7/h9-10,14,18-19,21H,3-8,11-13,15-16H2,1-2H3,(H,24,27);(H,6,7)/t18-,21-;/m0./s1. The number of anilines is 2. The van der Waals surface area contributed by atoms with Crippen LogP contribution in [0.4, 0.5) is 24.5 Å². The number of aliphatic carboxylic acids is 1. The fourth-order valence-corrected chi connectivity index (χ4v) is 5.41. The van der Waals surface area contributed by atoms with E-state index in [1.165, 1.54) is 62.7 Å². The summed E-state index contributed by atoms with van der Waals surface area (Å²) in [5.74, 6) is -1.98. The summed E-state index contributed by atoms with van der Waals surface area (Å²) in [5.41, 5.74) is 3.45. The number of hydrogen-bond acceptors (Lipinski definition) is 4. The van der Waals surface area contributed by atoms with Gasteiger partial charge in [-0.2, -0.15) is 13.2 Å². The second-order valence-corrected chi connectivity index (χ2v) is 9.82. The molecule has 2 atom stereocenters. The second kappa shape index (κ2) is 11.4. The number of alkyl halides is 3. The lowest BCUT2D eigenvalue weighted by molar-refractivity contribution is -0.192. The molecule has 1 saturated carbocycles. The second-order valence-electron chi connectivity index (χ2n) is 9.82. The van der Waals surface area contributed by atoms with Crippen LogP contribution in [0.25, 0.3) is 0 Å². The summed E-state index contributed by atoms with van der Waals surface area (Å²) in [6.07, 6.45) is 4.59. The fraction of sp³-hybridized carbons (Fsp3) is 0.680. The van der Waals surface area contributed by atoms with Gasteiger partial charge in [-0.05, 0) is 82.2 Å². The number of aryl methyl sites for hydroxylation is 1. The summed E-state index contributed by atoms with van der Waals surface area (Å²) in [5, 5.41) is 10.3. The number of carbonyl (C=O) groups excluding carboxylic acids is 1. The third kappa shape index (κ3) is 7.10. The molecule has 3 aliphatic rings. The first-order chi connectivity index (χ1) is 16.0. The van der Waals surface area contributed by atoms with Crippen LogP contribution in [-0.4, -0.2) is 59.8 Å². The zero-order valence-corrected chi connectivity index (χ0v) is 20.0. The Morgan fingerprint density at radius 3 is 2.32 bits per heavy atom. The average Bonchev–Trinajstić information content (AvgIpc) is 3.51. The van der Waals surface area contributed by atoms with Crippen LogP contribution in [0.3, 0.4) is 0 Å². The number of benzene rings is 1. The number of rotatable bonds is 5. The van der Waals surface area contributed by atoms with Gasteiger partial charge in [-0.3, -0.25) is 9.69 Å². The summed E-state index contributed by atoms with van der Waals surface area (Å²) in [7, 11) is 0. The largest absolute Gasteiger partial charge is 0.490 e. The zero-order valence-electron chi connectivity index (χ0n) is 20.0. The summed E-state index contributed by atoms with van der Waals surface area (Å²) in [6.45, 7) is 8.04. The molecule has 0 radical (unpaired) electrons. The third-order valence-electron chi connectivity index (χ3n) is 7.28. The molecule has 1 aromatic rings. The maximum Gasteiger partial charge on any atom is 0.490 e. The van der Waals surface area contributed by atoms with E-state index in [0.29, 0.717) is 18.4 Å². The molecule has 0 unspecified atom stereocenters. The Kier molecular flexibility index (Phi) is 8.84. The highest BCUT2D eigenvalue weighted by atomic mass is 19.4. The van der Waals surface area contributed by atoms with Gasteiger partial charge in [0.25, 0.3) is 0 Å². The Morgan fingerprint density at radius 2 is 1.76 bits per heavy atom. The molecule has 2 saturated heterocycles. The Bertz CT molecular complexity index is 856. The van der Waals surface area contributed by atoms with E-state index >= 15 is 0 Å². The Labute approximate surface area is 199 Å². The number of carboxylic acid groups (broad SMARTS) is 1. The minimum Gasteiger partial charge on any atom is -0.475 e. The molecule has 6 nitrogen and oxygen atoms in total. The maximum atomic E-state index is 12.4. The van der Waals surface area contributed by atoms with Gasteiger partial charge in [0.2, 0.25) is 5.91 Å². The fourth-order valence-electron chi connectivity index (χ4n) is 5.41. The van der Waals surface area contributed by atoms with Gasteiger partial charge in [0, 0.05) is 43.0 Å². The number of halogens is 3. The molecule has 1 amide bonds. The monoisotopic (exact) mass is 483 g/mol. The molecule has 190 valence electrons. The van der Waals surface area contributed by atoms with E-state index in [4.69, 9.17) is 9.90 Å². The molecule has 2 N–H and O–H groups in total. The summed E-state index contributed by atoms with van der Waals surface area (Å²) < 4.78 is 31.7. The van der Waals surface area contributed by atoms with Gasteiger partial charge in [-0.1, -0.05) is 12.8 Å². The van der Waals surface area contributed by atoms with Gasteiger partial charge in [0.15, 0.2) is 0 Å². The van der Waals surface area contributed by atoms with Crippen LogP contribution in [-0.2, 0) is 9.59 Å². The minimum atomic E-state index is -5.08. The normalized spacial score (nSPS) is 23.6. The van der Waals surface area contributed by atoms with Crippen molar-refractivity contribution < 1.29 is 27.9 Å². The van der Waals surface area contributed by atoms with Crippen LogP contribution in [0.5, 0.6) is 0 Å². The van der Waals surface area contributed by atoms with Crippen LogP contribution in [0.15, 0.2) is 18.2 Å². The topological polar surface area (TPSA) is 72.9 Å². The van der Waals surface area contributed by atoms with Crippen molar-refractivity contribution in [3.05, 3.63) is 23.8 Å². The van der Waals surface area contributed by atoms with Gasteiger partial charge >= 0.3 is 12.1 Å². The van der Waals surface area contributed by atoms with E-state index in [-0.39, 0.29) is 5.91 Å². The smallest absolute Gasteiger partial charge is 0.475 e. The highest BCUT2D eigenvalue weighted by molar-refractivity contribution is 5.92. The Hall–Kier alpha value is -2.29. The quantitative estimate of drug-likeness (QED) is 0.602. The first kappa shape index (κ1) is 26.3. The Balaban J connectivity index is 0.000000406. The lowest BCUT2D eigenvalue weighted by atomic mass is 10.0. The number of hydrogen-bond donors (Lipinski definition) is 2. The van der Waals surface area contributed by atoms with Crippen molar-refractivity contribution in [2.45, 2.75) is 83.5 Å². The van der Waals surface area contributed by atoms with Crippen molar-refractivity contribution >= 4 is 23.3 Å². The van der Waals surface area contributed by atoms with Crippen molar-refractivity contribution in [1.82, 2.24) is 4.90 Å². The van der Waals surface area contributed by atoms with Crippen molar-refractivity contribution in [2.24, 2.45) is 5.92 Å². The highest BCUT2D eigenvalue weighted by Gasteiger charge is 2.38. The first-order valence-corrected chi connectivity index (χ1v) is 12.3. The number of nitrogens with zero attached hydrogens (tertiary/aromatic N) is 2. The molecule has 3 fully saturated rings. The summed E-state index contributed by atoms with van der Waals surface area (Å²) >= 11 is 0. The van der Waals surface area contributed by atoms with Gasteiger partial charge < -0.3 is 15.3 Å². The molecule has 1 aliphatic carbocycles. The predicted octanol–water partition coefficient (Wildman–Crippen LogP) is 5.21. The van der Waals surface area contributed by atoms with Crippen LogP contribution in [0.2, 0.25) is 0 Å². The highest BCUT2D eigenvalue weighted by Crippen LogP contribution is 2.31. The molecule has 9 heteroatoms. The van der Waals surface area contributed by atoms with Gasteiger partial charge in [0.1, 0.15) is 0 Å². The van der Waals surface area contributed by atoms with Crippen molar-refractivity contribution in [1.29, 1.82) is 0 Å². The first-order valence-electron chi connectivity index (χ1n) is 12.3. The molecule has 2 heterocycles. The molecule has 0 aromatic heterocycles. The number of carbonyl (C=O) groups is 2. The van der Waals surface area contributed by atoms with E-state index in [2.05, 4.69) is 47.2 Å². The van der Waals surface area contributed by atoms with E-state index in [1.807, 2.05) is 0 Å². The summed E-state index contributed by atoms with van der Waals surface area (Å²) in [6, 6.07) is 7.99. The molecule has 0 spiro atoms. The zero-order chi connectivity index (χ0) is 24.9. The lowest BCUT2D eigenvalue weighted by Crippen LogP contribution is -2.39. The van der Waals surface area contributed by atoms with Crippen LogP contribution < -0.4 is 10.2 Å². The van der Waals surface area contributed by atoms with Crippen LogP contribution in [0.1, 0.15) is 63.9 Å².